The van der Waals surface area contributed by atoms with Gasteiger partial charge in [0.25, 0.3) is 5.91 Å². The number of benzene rings is 2. The van der Waals surface area contributed by atoms with Gasteiger partial charge in [0.1, 0.15) is 23.7 Å². The Morgan fingerprint density at radius 2 is 1.76 bits per heavy atom. The summed E-state index contributed by atoms with van der Waals surface area (Å²) in [6.07, 6.45) is 1.74. The molecule has 0 bridgehead atoms. The molecule has 1 amide bonds. The second-order valence-corrected chi connectivity index (χ2v) is 7.71. The molecule has 4 atom stereocenters. The predicted octanol–water partition coefficient (Wildman–Crippen LogP) is 2.47. The van der Waals surface area contributed by atoms with E-state index in [4.69, 9.17) is 9.47 Å². The van der Waals surface area contributed by atoms with Crippen molar-refractivity contribution >= 4 is 5.91 Å². The van der Waals surface area contributed by atoms with Crippen molar-refractivity contribution in [1.82, 2.24) is 10.2 Å². The summed E-state index contributed by atoms with van der Waals surface area (Å²) in [5.41, 5.74) is 0.497. The van der Waals surface area contributed by atoms with E-state index >= 15 is 0 Å². The Bertz CT molecular complexity index is 823. The van der Waals surface area contributed by atoms with Crippen LogP contribution in [0.2, 0.25) is 0 Å². The lowest BCUT2D eigenvalue weighted by Crippen LogP contribution is -2.52. The highest BCUT2D eigenvalue weighted by Crippen LogP contribution is 2.31. The number of para-hydroxylation sites is 2. The highest BCUT2D eigenvalue weighted by molar-refractivity contribution is 5.97. The van der Waals surface area contributed by atoms with E-state index < -0.39 is 6.10 Å². The molecule has 2 aromatic carbocycles. The third kappa shape index (κ3) is 4.23. The van der Waals surface area contributed by atoms with E-state index in [0.717, 1.165) is 31.7 Å². The van der Waals surface area contributed by atoms with Crippen molar-refractivity contribution in [3.05, 3.63) is 60.2 Å². The Labute approximate surface area is 171 Å². The van der Waals surface area contributed by atoms with Gasteiger partial charge in [0, 0.05) is 6.42 Å². The van der Waals surface area contributed by atoms with Crippen LogP contribution in [0.25, 0.3) is 0 Å². The van der Waals surface area contributed by atoms with Gasteiger partial charge in [-0.1, -0.05) is 30.3 Å². The minimum absolute atomic E-state index is 0.162. The Hall–Kier alpha value is -2.57. The number of hydrogen-bond acceptors (Lipinski definition) is 5. The summed E-state index contributed by atoms with van der Waals surface area (Å²) in [6.45, 7) is 1.86. The van der Waals surface area contributed by atoms with Gasteiger partial charge in [-0.2, -0.15) is 0 Å². The first-order valence-electron chi connectivity index (χ1n) is 10.2. The summed E-state index contributed by atoms with van der Waals surface area (Å²) in [5.74, 6) is 1.08. The van der Waals surface area contributed by atoms with Gasteiger partial charge < -0.3 is 19.9 Å². The smallest absolute Gasteiger partial charge is 0.255 e. The van der Waals surface area contributed by atoms with Crippen LogP contribution in [0, 0.1) is 0 Å². The minimum atomic E-state index is -0.670. The van der Waals surface area contributed by atoms with Crippen molar-refractivity contribution in [2.45, 2.75) is 43.6 Å². The fraction of sp³-hybridized carbons (Fsp3) is 0.435. The number of aliphatic hydroxyl groups excluding tert-OH is 1. The van der Waals surface area contributed by atoms with Crippen molar-refractivity contribution in [2.24, 2.45) is 0 Å². The Kier molecular flexibility index (Phi) is 6.02. The molecule has 4 rings (SSSR count). The molecule has 1 heterocycles. The average molecular weight is 396 g/mol. The van der Waals surface area contributed by atoms with Crippen LogP contribution in [0.4, 0.5) is 0 Å². The van der Waals surface area contributed by atoms with E-state index in [-0.39, 0.29) is 24.1 Å². The molecule has 2 aliphatic rings. The Morgan fingerprint density at radius 1 is 1.07 bits per heavy atom. The average Bonchev–Trinajstić information content (AvgIpc) is 3.37. The van der Waals surface area contributed by atoms with Gasteiger partial charge in [-0.05, 0) is 50.2 Å². The quantitative estimate of drug-likeness (QED) is 0.785. The third-order valence-electron chi connectivity index (χ3n) is 5.89. The number of aliphatic hydroxyl groups is 1. The topological polar surface area (TPSA) is 71.0 Å². The van der Waals surface area contributed by atoms with E-state index in [1.807, 2.05) is 42.5 Å². The maximum absolute atomic E-state index is 13.0. The number of carbonyl (C=O) groups is 1. The molecule has 1 aliphatic heterocycles. The van der Waals surface area contributed by atoms with Crippen LogP contribution in [0.1, 0.15) is 29.6 Å². The first-order valence-corrected chi connectivity index (χ1v) is 10.2. The van der Waals surface area contributed by atoms with Crippen LogP contribution in [0.3, 0.4) is 0 Å². The van der Waals surface area contributed by atoms with Gasteiger partial charge in [0.05, 0.1) is 24.8 Å². The van der Waals surface area contributed by atoms with E-state index in [9.17, 15) is 9.90 Å². The minimum Gasteiger partial charge on any atom is -0.496 e. The van der Waals surface area contributed by atoms with Crippen LogP contribution in [-0.4, -0.2) is 60.4 Å². The van der Waals surface area contributed by atoms with E-state index in [2.05, 4.69) is 10.2 Å². The van der Waals surface area contributed by atoms with Crippen molar-refractivity contribution in [1.29, 1.82) is 0 Å². The van der Waals surface area contributed by atoms with E-state index in [0.29, 0.717) is 17.7 Å². The number of carbonyl (C=O) groups excluding carboxylic acids is 1. The zero-order valence-electron chi connectivity index (χ0n) is 16.7. The molecule has 1 saturated heterocycles. The number of methoxy groups -OCH3 is 1. The monoisotopic (exact) mass is 396 g/mol. The number of ether oxygens (including phenoxy) is 2. The van der Waals surface area contributed by atoms with Gasteiger partial charge >= 0.3 is 0 Å². The number of hydrogen-bond donors (Lipinski definition) is 2. The molecule has 2 fully saturated rings. The van der Waals surface area contributed by atoms with Gasteiger partial charge in [-0.15, -0.1) is 0 Å². The molecule has 0 spiro atoms. The Balaban J connectivity index is 1.53. The molecular formula is C23H28N2O4. The molecule has 6 nitrogen and oxygen atoms in total. The summed E-state index contributed by atoms with van der Waals surface area (Å²) in [7, 11) is 1.56. The first-order chi connectivity index (χ1) is 14.2. The number of amides is 1. The lowest BCUT2D eigenvalue weighted by molar-refractivity contribution is 0.0139. The summed E-state index contributed by atoms with van der Waals surface area (Å²) < 4.78 is 11.4. The van der Waals surface area contributed by atoms with Crippen molar-refractivity contribution in [2.75, 3.05) is 20.2 Å². The normalized spacial score (nSPS) is 27.0. The molecule has 2 aromatic rings. The summed E-state index contributed by atoms with van der Waals surface area (Å²) in [4.78, 5) is 15.3. The van der Waals surface area contributed by atoms with Gasteiger partial charge in [0.15, 0.2) is 0 Å². The zero-order valence-corrected chi connectivity index (χ0v) is 16.7. The zero-order chi connectivity index (χ0) is 20.2. The Morgan fingerprint density at radius 3 is 2.48 bits per heavy atom. The molecular weight excluding hydrogens is 368 g/mol. The second-order valence-electron chi connectivity index (χ2n) is 7.71. The summed E-state index contributed by atoms with van der Waals surface area (Å²) in [5, 5.41) is 14.2. The largest absolute Gasteiger partial charge is 0.496 e. The standard InChI is InChI=1S/C23H28N2O4/c1-28-19-12-6-5-11-17(19)23(27)24-18-15-20(29-16-9-3-2-4-10-16)22(26)21(18)25-13-7-8-14-25/h2-6,9-12,18,20-22,26H,7-8,13-15H2,1H3,(H,24,27)/t18-,20-,21+,22+/m1/s1. The molecule has 0 aromatic heterocycles. The SMILES string of the molecule is COc1ccccc1C(=O)N[C@@H]1C[C@@H](Oc2ccccc2)[C@H](O)[C@H]1N1CCCC1. The summed E-state index contributed by atoms with van der Waals surface area (Å²) in [6, 6.07) is 16.4. The maximum Gasteiger partial charge on any atom is 0.255 e. The second kappa shape index (κ2) is 8.84. The van der Waals surface area contributed by atoms with Gasteiger partial charge in [-0.3, -0.25) is 9.69 Å². The highest BCUT2D eigenvalue weighted by Gasteiger charge is 2.48. The molecule has 2 N–H and O–H groups in total. The lowest BCUT2D eigenvalue weighted by atomic mass is 10.1. The van der Waals surface area contributed by atoms with E-state index in [1.54, 1.807) is 19.2 Å². The van der Waals surface area contributed by atoms with Crippen molar-refractivity contribution in [3.63, 3.8) is 0 Å². The van der Waals surface area contributed by atoms with Crippen LogP contribution in [0.15, 0.2) is 54.6 Å². The van der Waals surface area contributed by atoms with Crippen LogP contribution >= 0.6 is 0 Å². The van der Waals surface area contributed by atoms with Crippen LogP contribution in [-0.2, 0) is 0 Å². The molecule has 1 saturated carbocycles. The highest BCUT2D eigenvalue weighted by atomic mass is 16.5. The molecule has 1 aliphatic carbocycles. The predicted molar refractivity (Wildman–Crippen MR) is 110 cm³/mol. The fourth-order valence-electron chi connectivity index (χ4n) is 4.51. The van der Waals surface area contributed by atoms with Gasteiger partial charge in [0.2, 0.25) is 0 Å². The molecule has 0 unspecified atom stereocenters. The number of nitrogens with zero attached hydrogens (tertiary/aromatic N) is 1. The fourth-order valence-corrected chi connectivity index (χ4v) is 4.51. The van der Waals surface area contributed by atoms with Crippen molar-refractivity contribution < 1.29 is 19.4 Å². The van der Waals surface area contributed by atoms with Crippen molar-refractivity contribution in [3.8, 4) is 11.5 Å². The van der Waals surface area contributed by atoms with Gasteiger partial charge in [-0.25, -0.2) is 0 Å². The number of nitrogens with one attached hydrogen (secondary N) is 1. The molecule has 6 heteroatoms. The maximum atomic E-state index is 13.0. The lowest BCUT2D eigenvalue weighted by Gasteiger charge is -2.32. The molecule has 0 radical (unpaired) electrons. The molecule has 29 heavy (non-hydrogen) atoms. The van der Waals surface area contributed by atoms with Crippen LogP contribution in [0.5, 0.6) is 11.5 Å². The summed E-state index contributed by atoms with van der Waals surface area (Å²) >= 11 is 0. The van der Waals surface area contributed by atoms with Crippen LogP contribution < -0.4 is 14.8 Å². The third-order valence-corrected chi connectivity index (χ3v) is 5.89. The van der Waals surface area contributed by atoms with E-state index in [1.165, 1.54) is 0 Å². The first kappa shape index (κ1) is 19.7. The molecule has 154 valence electrons. The number of likely N-dealkylation sites (tertiary alicyclic amines) is 1. The number of rotatable bonds is 6.